The Morgan fingerprint density at radius 2 is 1.95 bits per heavy atom. The smallest absolute Gasteiger partial charge is 0.287 e. The van der Waals surface area contributed by atoms with Crippen molar-refractivity contribution in [3.8, 4) is 0 Å². The number of carbonyl (C=O) groups is 2. The van der Waals surface area contributed by atoms with Gasteiger partial charge < -0.3 is 20.8 Å². The van der Waals surface area contributed by atoms with Crippen LogP contribution in [0.25, 0.3) is 0 Å². The highest BCUT2D eigenvalue weighted by molar-refractivity contribution is 5.91. The van der Waals surface area contributed by atoms with Crippen molar-refractivity contribution in [1.29, 1.82) is 0 Å². The lowest BCUT2D eigenvalue weighted by Gasteiger charge is -2.25. The molecular weight excluding hydrogens is 246 g/mol. The molecule has 4 N–H and O–H groups in total. The third-order valence-corrected chi connectivity index (χ3v) is 2.67. The van der Waals surface area contributed by atoms with Crippen molar-refractivity contribution in [3.63, 3.8) is 0 Å². The van der Waals surface area contributed by atoms with Gasteiger partial charge >= 0.3 is 0 Å². The van der Waals surface area contributed by atoms with Crippen LogP contribution in [0.5, 0.6) is 0 Å². The van der Waals surface area contributed by atoms with E-state index in [4.69, 9.17) is 10.2 Å². The number of hydrogen-bond acceptors (Lipinski definition) is 4. The number of nitrogens with two attached hydrogens (primary N) is 1. The first-order chi connectivity index (χ1) is 8.82. The normalized spacial score (nSPS) is 12.8. The molecule has 0 aliphatic carbocycles. The maximum Gasteiger partial charge on any atom is 0.287 e. The summed E-state index contributed by atoms with van der Waals surface area (Å²) in [6, 6.07) is 2.64. The highest BCUT2D eigenvalue weighted by Crippen LogP contribution is 2.16. The van der Waals surface area contributed by atoms with Crippen LogP contribution in [0.3, 0.4) is 0 Å². The molecule has 0 aromatic carbocycles. The number of rotatable bonds is 5. The van der Waals surface area contributed by atoms with E-state index in [1.165, 1.54) is 6.26 Å². The largest absolute Gasteiger partial charge is 0.459 e. The van der Waals surface area contributed by atoms with Gasteiger partial charge in [-0.2, -0.15) is 0 Å². The standard InChI is InChI=1S/C13H21N3O3/c1-13(2,3)10(14)12(18)16-7-6-15-11(17)9-5-4-8-19-9/h4-5,8,10H,6-7,14H2,1-3H3,(H,15,17)(H,16,18)/t10-/m1/s1. The first-order valence-corrected chi connectivity index (χ1v) is 6.17. The van der Waals surface area contributed by atoms with E-state index in [0.29, 0.717) is 13.1 Å². The Morgan fingerprint density at radius 1 is 1.32 bits per heavy atom. The molecule has 6 heteroatoms. The van der Waals surface area contributed by atoms with E-state index in [1.807, 2.05) is 20.8 Å². The molecule has 1 heterocycles. The molecule has 2 amide bonds. The molecule has 6 nitrogen and oxygen atoms in total. The fraction of sp³-hybridized carbons (Fsp3) is 0.538. The minimum Gasteiger partial charge on any atom is -0.459 e. The van der Waals surface area contributed by atoms with Gasteiger partial charge in [0.25, 0.3) is 5.91 Å². The molecule has 0 aliphatic heterocycles. The zero-order valence-corrected chi connectivity index (χ0v) is 11.5. The maximum atomic E-state index is 11.7. The van der Waals surface area contributed by atoms with Gasteiger partial charge in [0.15, 0.2) is 5.76 Å². The lowest BCUT2D eigenvalue weighted by atomic mass is 9.87. The van der Waals surface area contributed by atoms with Crippen LogP contribution in [0.1, 0.15) is 31.3 Å². The molecule has 19 heavy (non-hydrogen) atoms. The molecule has 106 valence electrons. The fourth-order valence-electron chi connectivity index (χ4n) is 1.36. The Morgan fingerprint density at radius 3 is 2.47 bits per heavy atom. The van der Waals surface area contributed by atoms with E-state index in [2.05, 4.69) is 10.6 Å². The second kappa shape index (κ2) is 6.38. The lowest BCUT2D eigenvalue weighted by molar-refractivity contribution is -0.124. The molecule has 0 radical (unpaired) electrons. The molecule has 0 spiro atoms. The summed E-state index contributed by atoms with van der Waals surface area (Å²) in [4.78, 5) is 23.2. The molecule has 0 fully saturated rings. The summed E-state index contributed by atoms with van der Waals surface area (Å²) in [6.45, 7) is 6.35. The Kier molecular flexibility index (Phi) is 5.11. The highest BCUT2D eigenvalue weighted by Gasteiger charge is 2.26. The number of hydrogen-bond donors (Lipinski definition) is 3. The summed E-state index contributed by atoms with van der Waals surface area (Å²) < 4.78 is 4.94. The van der Waals surface area contributed by atoms with Gasteiger partial charge in [0.05, 0.1) is 12.3 Å². The third-order valence-electron chi connectivity index (χ3n) is 2.67. The van der Waals surface area contributed by atoms with Gasteiger partial charge in [-0.05, 0) is 17.5 Å². The van der Waals surface area contributed by atoms with Gasteiger partial charge in [0.1, 0.15) is 0 Å². The van der Waals surface area contributed by atoms with Crippen molar-refractivity contribution >= 4 is 11.8 Å². The van der Waals surface area contributed by atoms with Gasteiger partial charge in [0.2, 0.25) is 5.91 Å². The predicted molar refractivity (Wildman–Crippen MR) is 71.5 cm³/mol. The molecule has 1 rings (SSSR count). The second-order valence-electron chi connectivity index (χ2n) is 5.37. The summed E-state index contributed by atoms with van der Waals surface area (Å²) in [5, 5.41) is 5.31. The van der Waals surface area contributed by atoms with Crippen molar-refractivity contribution in [3.05, 3.63) is 24.2 Å². The SMILES string of the molecule is CC(C)(C)[C@H](N)C(=O)NCCNC(=O)c1ccco1. The molecular formula is C13H21N3O3. The molecule has 1 aromatic heterocycles. The van der Waals surface area contributed by atoms with Crippen molar-refractivity contribution in [1.82, 2.24) is 10.6 Å². The molecule has 0 unspecified atom stereocenters. The summed E-state index contributed by atoms with van der Waals surface area (Å²) >= 11 is 0. The molecule has 0 saturated carbocycles. The van der Waals surface area contributed by atoms with Gasteiger partial charge in [-0.25, -0.2) is 0 Å². The number of nitrogens with one attached hydrogen (secondary N) is 2. The highest BCUT2D eigenvalue weighted by atomic mass is 16.3. The van der Waals surface area contributed by atoms with E-state index >= 15 is 0 Å². The predicted octanol–water partition coefficient (Wildman–Crippen LogP) is 0.499. The van der Waals surface area contributed by atoms with Gasteiger partial charge in [-0.15, -0.1) is 0 Å². The first kappa shape index (κ1) is 15.2. The summed E-state index contributed by atoms with van der Waals surface area (Å²) in [7, 11) is 0. The maximum absolute atomic E-state index is 11.7. The topological polar surface area (TPSA) is 97.4 Å². The molecule has 0 bridgehead atoms. The lowest BCUT2D eigenvalue weighted by Crippen LogP contribution is -2.49. The van der Waals surface area contributed by atoms with Crippen LogP contribution in [0.2, 0.25) is 0 Å². The van der Waals surface area contributed by atoms with E-state index < -0.39 is 6.04 Å². The number of furan rings is 1. The number of amides is 2. The Labute approximate surface area is 112 Å². The zero-order chi connectivity index (χ0) is 14.5. The van der Waals surface area contributed by atoms with E-state index in [0.717, 1.165) is 0 Å². The quantitative estimate of drug-likeness (QED) is 0.677. The van der Waals surface area contributed by atoms with E-state index in [1.54, 1.807) is 12.1 Å². The van der Waals surface area contributed by atoms with Crippen LogP contribution < -0.4 is 16.4 Å². The monoisotopic (exact) mass is 267 g/mol. The first-order valence-electron chi connectivity index (χ1n) is 6.17. The minimum atomic E-state index is -0.576. The molecule has 0 saturated heterocycles. The number of carbonyl (C=O) groups excluding carboxylic acids is 2. The summed E-state index contributed by atoms with van der Waals surface area (Å²) in [5.74, 6) is -0.281. The fourth-order valence-corrected chi connectivity index (χ4v) is 1.36. The zero-order valence-electron chi connectivity index (χ0n) is 11.5. The summed E-state index contributed by atoms with van der Waals surface area (Å²) in [6.07, 6.45) is 1.43. The average Bonchev–Trinajstić information content (AvgIpc) is 2.85. The Hall–Kier alpha value is -1.82. The molecule has 1 atom stereocenters. The minimum absolute atomic E-state index is 0.222. The summed E-state index contributed by atoms with van der Waals surface area (Å²) in [5.41, 5.74) is 5.51. The van der Waals surface area contributed by atoms with E-state index in [9.17, 15) is 9.59 Å². The van der Waals surface area contributed by atoms with Crippen molar-refractivity contribution in [2.75, 3.05) is 13.1 Å². The Bertz CT molecular complexity index is 421. The van der Waals surface area contributed by atoms with Crippen molar-refractivity contribution < 1.29 is 14.0 Å². The Balaban J connectivity index is 2.24. The van der Waals surface area contributed by atoms with Gasteiger partial charge in [-0.3, -0.25) is 9.59 Å². The second-order valence-corrected chi connectivity index (χ2v) is 5.37. The van der Waals surface area contributed by atoms with Crippen molar-refractivity contribution in [2.45, 2.75) is 26.8 Å². The van der Waals surface area contributed by atoms with E-state index in [-0.39, 0.29) is 23.0 Å². The van der Waals surface area contributed by atoms with Gasteiger partial charge in [0, 0.05) is 13.1 Å². The van der Waals surface area contributed by atoms with Crippen LogP contribution >= 0.6 is 0 Å². The third kappa shape index (κ3) is 4.75. The average molecular weight is 267 g/mol. The van der Waals surface area contributed by atoms with Crippen molar-refractivity contribution in [2.24, 2.45) is 11.1 Å². The van der Waals surface area contributed by atoms with Crippen LogP contribution in [0.15, 0.2) is 22.8 Å². The molecule has 0 aliphatic rings. The van der Waals surface area contributed by atoms with Crippen LogP contribution in [-0.2, 0) is 4.79 Å². The van der Waals surface area contributed by atoms with Gasteiger partial charge in [-0.1, -0.05) is 20.8 Å². The van der Waals surface area contributed by atoms with Crippen LogP contribution in [0.4, 0.5) is 0 Å². The van der Waals surface area contributed by atoms with Crippen LogP contribution in [-0.4, -0.2) is 30.9 Å². The van der Waals surface area contributed by atoms with Crippen LogP contribution in [0, 0.1) is 5.41 Å². The molecule has 1 aromatic rings.